The average molecular weight is 466 g/mol. The molecular weight excluding hydrogens is 446 g/mol. The molecule has 0 unspecified atom stereocenters. The van der Waals surface area contributed by atoms with Gasteiger partial charge in [0.1, 0.15) is 0 Å². The van der Waals surface area contributed by atoms with Gasteiger partial charge in [-0.05, 0) is 54.8 Å². The van der Waals surface area contributed by atoms with Crippen LogP contribution in [0, 0.1) is 13.8 Å². The number of carbonyl (C=O) groups excluding carboxylic acids is 1. The lowest BCUT2D eigenvalue weighted by Crippen LogP contribution is -2.25. The largest absolute Gasteiger partial charge is 0.325 e. The zero-order valence-electron chi connectivity index (χ0n) is 17.5. The van der Waals surface area contributed by atoms with Gasteiger partial charge in [-0.3, -0.25) is 14.2 Å². The minimum absolute atomic E-state index is 0.0890. The zero-order chi connectivity index (χ0) is 22.7. The highest BCUT2D eigenvalue weighted by Crippen LogP contribution is 2.20. The van der Waals surface area contributed by atoms with Crippen molar-refractivity contribution in [3.05, 3.63) is 86.9 Å². The molecule has 0 aliphatic heterocycles. The van der Waals surface area contributed by atoms with E-state index in [0.29, 0.717) is 10.2 Å². The number of hydrogen-bond donors (Lipinski definition) is 1. The highest BCUT2D eigenvalue weighted by atomic mass is 35.5. The van der Waals surface area contributed by atoms with Crippen LogP contribution < -0.4 is 10.9 Å². The van der Waals surface area contributed by atoms with Crippen LogP contribution in [0.4, 0.5) is 5.69 Å². The summed E-state index contributed by atoms with van der Waals surface area (Å²) in [6.07, 6.45) is 2.95. The molecule has 0 bridgehead atoms. The fourth-order valence-electron chi connectivity index (χ4n) is 3.10. The summed E-state index contributed by atoms with van der Waals surface area (Å²) >= 11 is 7.16. The highest BCUT2D eigenvalue weighted by Gasteiger charge is 2.15. The lowest BCUT2D eigenvalue weighted by molar-refractivity contribution is -0.113. The molecule has 0 aliphatic rings. The van der Waals surface area contributed by atoms with E-state index in [0.717, 1.165) is 22.4 Å². The molecule has 162 valence electrons. The summed E-state index contributed by atoms with van der Waals surface area (Å²) in [7, 11) is 0. The maximum absolute atomic E-state index is 13.1. The van der Waals surface area contributed by atoms with Crippen molar-refractivity contribution in [1.29, 1.82) is 0 Å². The number of nitrogens with one attached hydrogen (secondary N) is 1. The van der Waals surface area contributed by atoms with Crippen LogP contribution in [0.2, 0.25) is 5.02 Å². The Bertz CT molecular complexity index is 1360. The van der Waals surface area contributed by atoms with Gasteiger partial charge < -0.3 is 5.32 Å². The summed E-state index contributed by atoms with van der Waals surface area (Å²) in [6.45, 7) is 4.29. The summed E-state index contributed by atoms with van der Waals surface area (Å²) in [5.74, 6) is -0.101. The van der Waals surface area contributed by atoms with E-state index in [-0.39, 0.29) is 34.9 Å². The van der Waals surface area contributed by atoms with Crippen molar-refractivity contribution in [1.82, 2.24) is 19.5 Å². The van der Waals surface area contributed by atoms with Gasteiger partial charge in [0.05, 0.1) is 12.3 Å². The van der Waals surface area contributed by atoms with E-state index in [4.69, 9.17) is 11.6 Å². The van der Waals surface area contributed by atoms with Crippen LogP contribution in [0.3, 0.4) is 0 Å². The molecule has 1 amide bonds. The first kappa shape index (κ1) is 22.0. The molecule has 0 spiro atoms. The number of thioether (sulfide) groups is 1. The Balaban J connectivity index is 1.60. The van der Waals surface area contributed by atoms with Gasteiger partial charge in [0, 0.05) is 23.1 Å². The van der Waals surface area contributed by atoms with Crippen LogP contribution in [0.25, 0.3) is 11.2 Å². The predicted octanol–water partition coefficient (Wildman–Crippen LogP) is 4.24. The van der Waals surface area contributed by atoms with Crippen molar-refractivity contribution in [2.75, 3.05) is 11.1 Å². The minimum Gasteiger partial charge on any atom is -0.325 e. The van der Waals surface area contributed by atoms with Crippen LogP contribution in [0.1, 0.15) is 16.7 Å². The predicted molar refractivity (Wildman–Crippen MR) is 127 cm³/mol. The second-order valence-corrected chi connectivity index (χ2v) is 8.66. The number of nitrogens with zero attached hydrogens (tertiary/aromatic N) is 4. The zero-order valence-corrected chi connectivity index (χ0v) is 19.1. The quantitative estimate of drug-likeness (QED) is 0.338. The SMILES string of the molecule is Cc1ccc(NC(=O)CSc2nc3nccnc3c(=O)n2Cc2ccc(Cl)cc2)cc1C. The van der Waals surface area contributed by atoms with E-state index in [1.807, 2.05) is 44.2 Å². The monoisotopic (exact) mass is 465 g/mol. The molecule has 0 aliphatic carbocycles. The smallest absolute Gasteiger partial charge is 0.282 e. The molecule has 9 heteroatoms. The topological polar surface area (TPSA) is 89.8 Å². The third-order valence-corrected chi connectivity index (χ3v) is 6.16. The van der Waals surface area contributed by atoms with Crippen LogP contribution in [0.5, 0.6) is 0 Å². The number of aryl methyl sites for hydroxylation is 2. The fourth-order valence-corrected chi connectivity index (χ4v) is 4.01. The normalized spacial score (nSPS) is 11.0. The number of hydrogen-bond acceptors (Lipinski definition) is 6. The van der Waals surface area contributed by atoms with Gasteiger partial charge in [-0.1, -0.05) is 41.6 Å². The van der Waals surface area contributed by atoms with Gasteiger partial charge >= 0.3 is 0 Å². The van der Waals surface area contributed by atoms with Gasteiger partial charge in [0.15, 0.2) is 16.3 Å². The summed E-state index contributed by atoms with van der Waals surface area (Å²) in [6, 6.07) is 13.0. The van der Waals surface area contributed by atoms with Gasteiger partial charge in [-0.25, -0.2) is 15.0 Å². The Morgan fingerprint density at radius 3 is 2.56 bits per heavy atom. The lowest BCUT2D eigenvalue weighted by Gasteiger charge is -2.13. The maximum Gasteiger partial charge on any atom is 0.282 e. The third-order valence-electron chi connectivity index (χ3n) is 4.94. The van der Waals surface area contributed by atoms with Crippen molar-refractivity contribution in [2.45, 2.75) is 25.5 Å². The van der Waals surface area contributed by atoms with E-state index in [9.17, 15) is 9.59 Å². The molecule has 2 aromatic heterocycles. The first-order valence-electron chi connectivity index (χ1n) is 9.86. The van der Waals surface area contributed by atoms with Crippen LogP contribution in [-0.2, 0) is 11.3 Å². The molecule has 0 saturated heterocycles. The molecule has 0 saturated carbocycles. The standard InChI is InChI=1S/C23H20ClN5O2S/c1-14-3-8-18(11-15(14)2)27-19(30)13-32-23-28-21-20(25-9-10-26-21)22(31)29(23)12-16-4-6-17(24)7-5-16/h3-11H,12-13H2,1-2H3,(H,27,30). The second-order valence-electron chi connectivity index (χ2n) is 7.28. The average Bonchev–Trinajstić information content (AvgIpc) is 2.78. The number of aromatic nitrogens is 4. The molecule has 2 heterocycles. The van der Waals surface area contributed by atoms with E-state index < -0.39 is 0 Å². The molecule has 7 nitrogen and oxygen atoms in total. The van der Waals surface area contributed by atoms with E-state index in [1.165, 1.54) is 28.7 Å². The molecule has 4 rings (SSSR count). The van der Waals surface area contributed by atoms with Crippen LogP contribution >= 0.6 is 23.4 Å². The third kappa shape index (κ3) is 4.98. The van der Waals surface area contributed by atoms with Crippen molar-refractivity contribution in [3.8, 4) is 0 Å². The molecule has 0 radical (unpaired) electrons. The number of anilines is 1. The Kier molecular flexibility index (Phi) is 6.53. The van der Waals surface area contributed by atoms with Crippen LogP contribution in [0.15, 0.2) is 64.8 Å². The summed E-state index contributed by atoms with van der Waals surface area (Å²) in [5.41, 5.74) is 3.99. The Labute approximate surface area is 193 Å². The minimum atomic E-state index is -0.310. The molecule has 1 N–H and O–H groups in total. The van der Waals surface area contributed by atoms with E-state index in [2.05, 4.69) is 20.3 Å². The number of carbonyl (C=O) groups is 1. The van der Waals surface area contributed by atoms with Crippen molar-refractivity contribution in [2.24, 2.45) is 0 Å². The number of benzene rings is 2. The molecule has 4 aromatic rings. The fraction of sp³-hybridized carbons (Fsp3) is 0.174. The van der Waals surface area contributed by atoms with E-state index in [1.54, 1.807) is 12.1 Å². The Morgan fingerprint density at radius 1 is 1.06 bits per heavy atom. The first-order chi connectivity index (χ1) is 15.4. The van der Waals surface area contributed by atoms with Crippen molar-refractivity contribution < 1.29 is 4.79 Å². The summed E-state index contributed by atoms with van der Waals surface area (Å²) in [4.78, 5) is 38.4. The Morgan fingerprint density at radius 2 is 1.81 bits per heavy atom. The molecule has 0 fully saturated rings. The van der Waals surface area contributed by atoms with Crippen LogP contribution in [-0.4, -0.2) is 31.2 Å². The summed E-state index contributed by atoms with van der Waals surface area (Å²) in [5, 5.41) is 3.90. The number of fused-ring (bicyclic) bond motifs is 1. The molecular formula is C23H20ClN5O2S. The van der Waals surface area contributed by atoms with Crippen molar-refractivity contribution in [3.63, 3.8) is 0 Å². The Hall–Kier alpha value is -3.23. The number of amides is 1. The van der Waals surface area contributed by atoms with Gasteiger partial charge in [0.25, 0.3) is 5.56 Å². The number of halogens is 1. The van der Waals surface area contributed by atoms with Gasteiger partial charge in [-0.15, -0.1) is 0 Å². The molecule has 32 heavy (non-hydrogen) atoms. The van der Waals surface area contributed by atoms with Crippen molar-refractivity contribution >= 4 is 46.1 Å². The highest BCUT2D eigenvalue weighted by molar-refractivity contribution is 7.99. The molecule has 0 atom stereocenters. The lowest BCUT2D eigenvalue weighted by atomic mass is 10.1. The summed E-state index contributed by atoms with van der Waals surface area (Å²) < 4.78 is 1.51. The first-order valence-corrected chi connectivity index (χ1v) is 11.2. The van der Waals surface area contributed by atoms with E-state index >= 15 is 0 Å². The molecule has 2 aromatic carbocycles. The second kappa shape index (κ2) is 9.50. The number of rotatable bonds is 6. The van der Waals surface area contributed by atoms with Gasteiger partial charge in [-0.2, -0.15) is 0 Å². The maximum atomic E-state index is 13.1. The van der Waals surface area contributed by atoms with Gasteiger partial charge in [0.2, 0.25) is 5.91 Å².